The third kappa shape index (κ3) is 3.22. The summed E-state index contributed by atoms with van der Waals surface area (Å²) in [7, 11) is 3.02. The predicted octanol–water partition coefficient (Wildman–Crippen LogP) is 3.40. The van der Waals surface area contributed by atoms with Gasteiger partial charge in [0.15, 0.2) is 16.3 Å². The highest BCUT2D eigenvalue weighted by molar-refractivity contribution is 7.16. The van der Waals surface area contributed by atoms with Crippen LogP contribution in [-0.2, 0) is 6.54 Å². The van der Waals surface area contributed by atoms with Gasteiger partial charge in [0.1, 0.15) is 0 Å². The van der Waals surface area contributed by atoms with E-state index in [4.69, 9.17) is 15.9 Å². The van der Waals surface area contributed by atoms with E-state index >= 15 is 0 Å². The van der Waals surface area contributed by atoms with Crippen molar-refractivity contribution in [1.82, 2.24) is 4.57 Å². The number of para-hydroxylation sites is 1. The molecule has 3 rings (SSSR count). The number of fused-ring (bicyclic) bond motifs is 1. The summed E-state index contributed by atoms with van der Waals surface area (Å²) in [6.07, 6.45) is 5.51. The third-order valence-corrected chi connectivity index (χ3v) is 4.96. The molecule has 26 heavy (non-hydrogen) atoms. The second-order valence-corrected chi connectivity index (χ2v) is 6.61. The van der Waals surface area contributed by atoms with Crippen molar-refractivity contribution < 1.29 is 14.3 Å². The van der Waals surface area contributed by atoms with Crippen molar-refractivity contribution in [3.05, 3.63) is 52.3 Å². The number of carbonyl (C=O) groups is 1. The molecule has 0 radical (unpaired) electrons. The standard InChI is InChI=1S/C20H18N2O3S/c1-5-11-22-15-10-9-13(2)12-17(15)26-20(22)21-19(23)14-7-6-8-16(24-3)18(14)25-4/h1,6-10,12H,11H2,2-4H3. The van der Waals surface area contributed by atoms with Gasteiger partial charge in [-0.05, 0) is 36.8 Å². The van der Waals surface area contributed by atoms with Crippen LogP contribution in [0.15, 0.2) is 41.4 Å². The molecule has 0 atom stereocenters. The number of rotatable bonds is 4. The third-order valence-electron chi connectivity index (χ3n) is 3.92. The minimum Gasteiger partial charge on any atom is -0.493 e. The molecule has 0 aliphatic rings. The molecule has 0 aliphatic heterocycles. The summed E-state index contributed by atoms with van der Waals surface area (Å²) in [4.78, 5) is 17.7. The Bertz CT molecular complexity index is 1090. The van der Waals surface area contributed by atoms with E-state index in [2.05, 4.69) is 17.0 Å². The Labute approximate surface area is 155 Å². The fourth-order valence-corrected chi connectivity index (χ4v) is 3.84. The van der Waals surface area contributed by atoms with Crippen LogP contribution in [0.25, 0.3) is 10.2 Å². The lowest BCUT2D eigenvalue weighted by Crippen LogP contribution is -2.16. The number of aryl methyl sites for hydroxylation is 1. The molecule has 0 bridgehead atoms. The van der Waals surface area contributed by atoms with Gasteiger partial charge in [0.2, 0.25) is 0 Å². The van der Waals surface area contributed by atoms with E-state index in [1.165, 1.54) is 25.6 Å². The zero-order chi connectivity index (χ0) is 18.7. The number of carbonyl (C=O) groups excluding carboxylic acids is 1. The van der Waals surface area contributed by atoms with Crippen LogP contribution < -0.4 is 14.3 Å². The molecule has 0 fully saturated rings. The number of nitrogens with zero attached hydrogens (tertiary/aromatic N) is 2. The van der Waals surface area contributed by atoms with Gasteiger partial charge >= 0.3 is 0 Å². The van der Waals surface area contributed by atoms with Crippen LogP contribution >= 0.6 is 11.3 Å². The fourth-order valence-electron chi connectivity index (χ4n) is 2.71. The second-order valence-electron chi connectivity index (χ2n) is 5.60. The average molecular weight is 366 g/mol. The Morgan fingerprint density at radius 3 is 2.77 bits per heavy atom. The molecule has 132 valence electrons. The topological polar surface area (TPSA) is 52.8 Å². The Morgan fingerprint density at radius 1 is 1.27 bits per heavy atom. The van der Waals surface area contributed by atoms with Gasteiger partial charge < -0.3 is 14.0 Å². The summed E-state index contributed by atoms with van der Waals surface area (Å²) in [6.45, 7) is 2.36. The molecule has 1 aromatic heterocycles. The molecule has 5 nitrogen and oxygen atoms in total. The lowest BCUT2D eigenvalue weighted by molar-refractivity contribution is 0.0994. The minimum absolute atomic E-state index is 0.338. The van der Waals surface area contributed by atoms with Crippen LogP contribution in [-0.4, -0.2) is 24.7 Å². The first-order chi connectivity index (χ1) is 12.6. The van der Waals surface area contributed by atoms with Crippen LogP contribution in [0.1, 0.15) is 15.9 Å². The van der Waals surface area contributed by atoms with Gasteiger partial charge in [-0.3, -0.25) is 4.79 Å². The van der Waals surface area contributed by atoms with Gasteiger partial charge in [0.05, 0.1) is 36.5 Å². The van der Waals surface area contributed by atoms with Gasteiger partial charge in [-0.1, -0.05) is 29.4 Å². The average Bonchev–Trinajstić information content (AvgIpc) is 2.97. The first-order valence-corrected chi connectivity index (χ1v) is 8.74. The molecule has 2 aromatic carbocycles. The molecule has 0 unspecified atom stereocenters. The maximum absolute atomic E-state index is 12.8. The first-order valence-electron chi connectivity index (χ1n) is 7.92. The fraction of sp³-hybridized carbons (Fsp3) is 0.200. The molecule has 6 heteroatoms. The van der Waals surface area contributed by atoms with E-state index in [0.717, 1.165) is 15.8 Å². The van der Waals surface area contributed by atoms with Gasteiger partial charge in [-0.2, -0.15) is 4.99 Å². The van der Waals surface area contributed by atoms with Gasteiger partial charge in [-0.15, -0.1) is 6.42 Å². The Morgan fingerprint density at radius 2 is 2.08 bits per heavy atom. The quantitative estimate of drug-likeness (QED) is 0.665. The van der Waals surface area contributed by atoms with Crippen molar-refractivity contribution in [3.63, 3.8) is 0 Å². The maximum Gasteiger partial charge on any atom is 0.283 e. The summed E-state index contributed by atoms with van der Waals surface area (Å²) in [5.74, 6) is 3.07. The summed E-state index contributed by atoms with van der Waals surface area (Å²) in [5, 5.41) is 0. The normalized spacial score (nSPS) is 11.4. The number of ether oxygens (including phenoxy) is 2. The molecule has 0 N–H and O–H groups in total. The van der Waals surface area contributed by atoms with E-state index in [0.29, 0.717) is 28.4 Å². The number of terminal acetylenes is 1. The summed E-state index contributed by atoms with van der Waals surface area (Å²) in [6, 6.07) is 11.2. The van der Waals surface area contributed by atoms with Crippen LogP contribution in [0.4, 0.5) is 0 Å². The molecule has 0 aliphatic carbocycles. The number of hydrogen-bond acceptors (Lipinski definition) is 4. The monoisotopic (exact) mass is 366 g/mol. The van der Waals surface area contributed by atoms with E-state index < -0.39 is 5.91 Å². The zero-order valence-electron chi connectivity index (χ0n) is 14.8. The summed E-state index contributed by atoms with van der Waals surface area (Å²) < 4.78 is 13.5. The Balaban J connectivity index is 2.18. The smallest absolute Gasteiger partial charge is 0.283 e. The molecule has 0 saturated heterocycles. The van der Waals surface area contributed by atoms with E-state index in [1.54, 1.807) is 18.2 Å². The molecule has 1 heterocycles. The first kappa shape index (κ1) is 17.8. The number of amides is 1. The molecule has 1 amide bonds. The summed E-state index contributed by atoms with van der Waals surface area (Å²) >= 11 is 1.43. The van der Waals surface area contributed by atoms with Crippen molar-refractivity contribution in [2.75, 3.05) is 14.2 Å². The lowest BCUT2D eigenvalue weighted by atomic mass is 10.2. The number of aromatic nitrogens is 1. The number of benzene rings is 2. The minimum atomic E-state index is -0.408. The van der Waals surface area contributed by atoms with Crippen molar-refractivity contribution in [1.29, 1.82) is 0 Å². The van der Waals surface area contributed by atoms with Crippen molar-refractivity contribution in [2.24, 2.45) is 4.99 Å². The highest BCUT2D eigenvalue weighted by atomic mass is 32.1. The zero-order valence-corrected chi connectivity index (χ0v) is 15.6. The van der Waals surface area contributed by atoms with Crippen molar-refractivity contribution in [2.45, 2.75) is 13.5 Å². The Kier molecular flexibility index (Phi) is 5.10. The van der Waals surface area contributed by atoms with E-state index in [-0.39, 0.29) is 0 Å². The number of hydrogen-bond donors (Lipinski definition) is 0. The second kappa shape index (κ2) is 7.46. The maximum atomic E-state index is 12.8. The molecule has 0 saturated carbocycles. The molecule has 3 aromatic rings. The number of thiazole rings is 1. The SMILES string of the molecule is C#CCn1c(=NC(=O)c2cccc(OC)c2OC)sc2cc(C)ccc21. The van der Waals surface area contributed by atoms with Gasteiger partial charge in [0.25, 0.3) is 5.91 Å². The van der Waals surface area contributed by atoms with Crippen LogP contribution in [0.5, 0.6) is 11.5 Å². The van der Waals surface area contributed by atoms with Gasteiger partial charge in [-0.25, -0.2) is 0 Å². The Hall–Kier alpha value is -3.04. The molecular formula is C20H18N2O3S. The lowest BCUT2D eigenvalue weighted by Gasteiger charge is -2.09. The van der Waals surface area contributed by atoms with Crippen molar-refractivity contribution in [3.8, 4) is 23.8 Å². The highest BCUT2D eigenvalue weighted by Gasteiger charge is 2.16. The van der Waals surface area contributed by atoms with Crippen LogP contribution in [0.2, 0.25) is 0 Å². The van der Waals surface area contributed by atoms with E-state index in [1.807, 2.05) is 23.6 Å². The molecule has 0 spiro atoms. The summed E-state index contributed by atoms with van der Waals surface area (Å²) in [5.41, 5.74) is 2.44. The predicted molar refractivity (Wildman–Crippen MR) is 103 cm³/mol. The molecular weight excluding hydrogens is 348 g/mol. The van der Waals surface area contributed by atoms with Crippen molar-refractivity contribution >= 4 is 27.5 Å². The van der Waals surface area contributed by atoms with Crippen LogP contribution in [0.3, 0.4) is 0 Å². The largest absolute Gasteiger partial charge is 0.493 e. The number of methoxy groups -OCH3 is 2. The highest BCUT2D eigenvalue weighted by Crippen LogP contribution is 2.31. The van der Waals surface area contributed by atoms with E-state index in [9.17, 15) is 4.79 Å². The van der Waals surface area contributed by atoms with Gasteiger partial charge in [0, 0.05) is 0 Å². The van der Waals surface area contributed by atoms with Crippen LogP contribution in [0, 0.1) is 19.3 Å².